The molecular formula is C29H32F6N2O5. The predicted octanol–water partition coefficient (Wildman–Crippen LogP) is 5.32. The predicted molar refractivity (Wildman–Crippen MR) is 140 cm³/mol. The molecule has 230 valence electrons. The van der Waals surface area contributed by atoms with Gasteiger partial charge < -0.3 is 19.9 Å². The molecule has 3 rings (SSSR count). The molecule has 1 aromatic carbocycles. The van der Waals surface area contributed by atoms with E-state index in [4.69, 9.17) is 9.47 Å². The standard InChI is InChI=1S/C29H32F6N2O5/c1-5-8-19-17-21(27(40,28(30,31)32)29(33,34)35)11-14-23(19)41-16-7-6-15-37-24(38)26(4,36-25(37)39)20-9-12-22(13-10-20)42-18(2)3/h9-12,14,17-18,22,40H,5,8,13,15-16H2,1-4H3,(H,36,39). The van der Waals surface area contributed by atoms with Crippen molar-refractivity contribution >= 4 is 11.9 Å². The molecule has 7 nitrogen and oxygen atoms in total. The van der Waals surface area contributed by atoms with E-state index >= 15 is 0 Å². The fourth-order valence-corrected chi connectivity index (χ4v) is 4.66. The maximum Gasteiger partial charge on any atom is 0.430 e. The normalized spacial score (nSPS) is 21.3. The lowest BCUT2D eigenvalue weighted by Crippen LogP contribution is -2.53. The number of nitrogens with one attached hydrogen (secondary N) is 1. The van der Waals surface area contributed by atoms with E-state index in [0.717, 1.165) is 11.0 Å². The Kier molecular flexibility index (Phi) is 9.74. The summed E-state index contributed by atoms with van der Waals surface area (Å²) in [5.41, 5.74) is -7.09. The molecule has 0 saturated carbocycles. The van der Waals surface area contributed by atoms with Gasteiger partial charge in [-0.1, -0.05) is 49.5 Å². The highest BCUT2D eigenvalue weighted by Gasteiger charge is 2.71. The first-order valence-electron chi connectivity index (χ1n) is 13.2. The van der Waals surface area contributed by atoms with Crippen molar-refractivity contribution in [2.24, 2.45) is 0 Å². The van der Waals surface area contributed by atoms with E-state index in [-0.39, 0.29) is 43.1 Å². The quantitative estimate of drug-likeness (QED) is 0.227. The Bertz CT molecular complexity index is 1290. The maximum absolute atomic E-state index is 13.3. The fourth-order valence-electron chi connectivity index (χ4n) is 4.66. The Morgan fingerprint density at radius 3 is 2.36 bits per heavy atom. The van der Waals surface area contributed by atoms with Gasteiger partial charge in [0, 0.05) is 5.56 Å². The van der Waals surface area contributed by atoms with Crippen molar-refractivity contribution in [2.45, 2.75) is 82.7 Å². The van der Waals surface area contributed by atoms with Gasteiger partial charge in [-0.2, -0.15) is 26.3 Å². The van der Waals surface area contributed by atoms with Crippen molar-refractivity contribution in [1.82, 2.24) is 10.2 Å². The monoisotopic (exact) mass is 602 g/mol. The number of nitrogens with zero attached hydrogens (tertiary/aromatic N) is 1. The van der Waals surface area contributed by atoms with Crippen LogP contribution in [0.15, 0.2) is 42.0 Å². The first-order valence-corrected chi connectivity index (χ1v) is 13.2. The number of hydrogen-bond donors (Lipinski definition) is 2. The van der Waals surface area contributed by atoms with Crippen LogP contribution in [0.1, 0.15) is 51.7 Å². The van der Waals surface area contributed by atoms with Crippen LogP contribution in [0.2, 0.25) is 0 Å². The summed E-state index contributed by atoms with van der Waals surface area (Å²) >= 11 is 0. The van der Waals surface area contributed by atoms with Gasteiger partial charge in [-0.3, -0.25) is 9.69 Å². The smallest absolute Gasteiger partial charge is 0.430 e. The summed E-state index contributed by atoms with van der Waals surface area (Å²) in [4.78, 5) is 26.6. The Balaban J connectivity index is 1.68. The van der Waals surface area contributed by atoms with Gasteiger partial charge in [-0.05, 0) is 56.9 Å². The van der Waals surface area contributed by atoms with Gasteiger partial charge in [-0.25, -0.2) is 4.79 Å². The minimum atomic E-state index is -6.01. The number of imide groups is 1. The molecule has 1 fully saturated rings. The summed E-state index contributed by atoms with van der Waals surface area (Å²) in [6.07, 6.45) is -5.77. The molecule has 0 aromatic heterocycles. The maximum atomic E-state index is 13.3. The van der Waals surface area contributed by atoms with E-state index in [9.17, 15) is 41.0 Å². The Morgan fingerprint density at radius 2 is 1.81 bits per heavy atom. The number of rotatable bonds is 9. The second-order valence-corrected chi connectivity index (χ2v) is 10.3. The van der Waals surface area contributed by atoms with Crippen LogP contribution >= 0.6 is 0 Å². The summed E-state index contributed by atoms with van der Waals surface area (Å²) in [5, 5.41) is 12.4. The van der Waals surface area contributed by atoms with Gasteiger partial charge in [0.05, 0.1) is 18.8 Å². The number of halogens is 6. The van der Waals surface area contributed by atoms with Crippen LogP contribution in [-0.2, 0) is 21.6 Å². The molecule has 1 aliphatic carbocycles. The van der Waals surface area contributed by atoms with Gasteiger partial charge in [0.15, 0.2) is 0 Å². The minimum Gasteiger partial charge on any atom is -0.481 e. The van der Waals surface area contributed by atoms with Crippen LogP contribution in [-0.4, -0.2) is 65.2 Å². The number of benzene rings is 1. The number of amides is 3. The molecule has 2 aliphatic rings. The summed E-state index contributed by atoms with van der Waals surface area (Å²) in [5.74, 6) is 4.70. The van der Waals surface area contributed by atoms with Crippen LogP contribution in [0.3, 0.4) is 0 Å². The molecule has 2 N–H and O–H groups in total. The third-order valence-corrected chi connectivity index (χ3v) is 6.84. The van der Waals surface area contributed by atoms with Crippen LogP contribution < -0.4 is 10.1 Å². The second kappa shape index (κ2) is 12.4. The van der Waals surface area contributed by atoms with Gasteiger partial charge in [0.25, 0.3) is 11.5 Å². The van der Waals surface area contributed by atoms with E-state index in [1.54, 1.807) is 19.9 Å². The van der Waals surface area contributed by atoms with E-state index in [0.29, 0.717) is 30.5 Å². The zero-order valence-corrected chi connectivity index (χ0v) is 23.4. The topological polar surface area (TPSA) is 88.1 Å². The highest BCUT2D eigenvalue weighted by atomic mass is 19.4. The van der Waals surface area contributed by atoms with E-state index < -0.39 is 41.0 Å². The zero-order chi connectivity index (χ0) is 31.5. The average Bonchev–Trinajstić information content (AvgIpc) is 3.11. The molecule has 13 heteroatoms. The molecule has 42 heavy (non-hydrogen) atoms. The van der Waals surface area contributed by atoms with Crippen molar-refractivity contribution in [3.8, 4) is 17.6 Å². The molecule has 1 aliphatic heterocycles. The Labute approximate surface area is 239 Å². The third kappa shape index (κ3) is 6.60. The SMILES string of the molecule is CCCc1cc(C(O)(C(F)(F)F)C(F)(F)F)ccc1OCC#CCN1C(=O)NC(C)(C2=CCC(OC(C)C)C=C2)C1=O. The number of aliphatic hydroxyl groups is 1. The minimum absolute atomic E-state index is 0.0139. The van der Waals surface area contributed by atoms with Crippen LogP contribution in [0.4, 0.5) is 31.1 Å². The van der Waals surface area contributed by atoms with Gasteiger partial charge in [0.1, 0.15) is 17.9 Å². The van der Waals surface area contributed by atoms with Crippen molar-refractivity contribution in [1.29, 1.82) is 0 Å². The van der Waals surface area contributed by atoms with Crippen LogP contribution in [0, 0.1) is 11.8 Å². The van der Waals surface area contributed by atoms with Crippen LogP contribution in [0.5, 0.6) is 5.75 Å². The fraction of sp³-hybridized carbons (Fsp3) is 0.517. The number of carbonyl (C=O) groups is 2. The third-order valence-electron chi connectivity index (χ3n) is 6.84. The Hall–Kier alpha value is -3.50. The van der Waals surface area contributed by atoms with Gasteiger partial charge in [0.2, 0.25) is 0 Å². The van der Waals surface area contributed by atoms with Crippen molar-refractivity contribution in [2.75, 3.05) is 13.2 Å². The molecule has 0 radical (unpaired) electrons. The molecule has 0 spiro atoms. The van der Waals surface area contributed by atoms with Crippen LogP contribution in [0.25, 0.3) is 0 Å². The average molecular weight is 603 g/mol. The number of aryl methyl sites for hydroxylation is 1. The van der Waals surface area contributed by atoms with Crippen molar-refractivity contribution in [3.63, 3.8) is 0 Å². The van der Waals surface area contributed by atoms with Gasteiger partial charge >= 0.3 is 18.4 Å². The number of carbonyl (C=O) groups excluding carboxylic acids is 2. The highest BCUT2D eigenvalue weighted by molar-refractivity contribution is 6.09. The first-order chi connectivity index (χ1) is 19.5. The number of hydrogen-bond acceptors (Lipinski definition) is 5. The Morgan fingerprint density at radius 1 is 1.14 bits per heavy atom. The lowest BCUT2D eigenvalue weighted by atomic mass is 9.87. The number of alkyl halides is 6. The van der Waals surface area contributed by atoms with E-state index in [1.807, 2.05) is 26.0 Å². The molecule has 3 amide bonds. The highest BCUT2D eigenvalue weighted by Crippen LogP contribution is 2.50. The zero-order valence-electron chi connectivity index (χ0n) is 23.4. The van der Waals surface area contributed by atoms with Crippen molar-refractivity contribution < 1.29 is 50.5 Å². The first kappa shape index (κ1) is 33.0. The lowest BCUT2D eigenvalue weighted by molar-refractivity contribution is -0.376. The van der Waals surface area contributed by atoms with Crippen molar-refractivity contribution in [3.05, 3.63) is 53.1 Å². The van der Waals surface area contributed by atoms with Gasteiger partial charge in [-0.15, -0.1) is 0 Å². The number of urea groups is 1. The summed E-state index contributed by atoms with van der Waals surface area (Å²) in [6, 6.07) is 1.39. The molecule has 0 bridgehead atoms. The van der Waals surface area contributed by atoms with E-state index in [1.165, 1.54) is 0 Å². The molecule has 1 aromatic rings. The summed E-state index contributed by atoms with van der Waals surface area (Å²) < 4.78 is 91.0. The molecule has 2 atom stereocenters. The lowest BCUT2D eigenvalue weighted by Gasteiger charge is -2.33. The summed E-state index contributed by atoms with van der Waals surface area (Å²) in [6.45, 7) is 6.47. The largest absolute Gasteiger partial charge is 0.481 e. The number of ether oxygens (including phenoxy) is 2. The molecular weight excluding hydrogens is 570 g/mol. The molecule has 1 saturated heterocycles. The van der Waals surface area contributed by atoms with E-state index in [2.05, 4.69) is 17.2 Å². The second-order valence-electron chi connectivity index (χ2n) is 10.3. The molecule has 2 unspecified atom stereocenters. The summed E-state index contributed by atoms with van der Waals surface area (Å²) in [7, 11) is 0. The molecule has 1 heterocycles.